The number of hydrogen-bond donors (Lipinski definition) is 1. The Hall–Kier alpha value is -4.16. The fourth-order valence-electron chi connectivity index (χ4n) is 3.31. The molecule has 0 atom stereocenters. The van der Waals surface area contributed by atoms with Gasteiger partial charge in [-0.3, -0.25) is 4.79 Å². The third-order valence-corrected chi connectivity index (χ3v) is 5.21. The molecule has 6 nitrogen and oxygen atoms in total. The summed E-state index contributed by atoms with van der Waals surface area (Å²) < 4.78 is 11.1. The highest BCUT2D eigenvalue weighted by atomic mass is 35.5. The van der Waals surface area contributed by atoms with Gasteiger partial charge in [-0.1, -0.05) is 59.6 Å². The van der Waals surface area contributed by atoms with E-state index in [0.717, 1.165) is 16.3 Å². The van der Waals surface area contributed by atoms with E-state index in [4.69, 9.17) is 21.1 Å². The second-order valence-corrected chi connectivity index (χ2v) is 7.93. The molecule has 0 aromatic heterocycles. The van der Waals surface area contributed by atoms with Crippen molar-refractivity contribution in [2.24, 2.45) is 5.10 Å². The van der Waals surface area contributed by atoms with Crippen molar-refractivity contribution < 1.29 is 19.1 Å². The molecule has 7 heteroatoms. The molecule has 4 aromatic rings. The first-order valence-electron chi connectivity index (χ1n) is 10.5. The minimum Gasteiger partial charge on any atom is -0.484 e. The van der Waals surface area contributed by atoms with Gasteiger partial charge in [0.1, 0.15) is 11.5 Å². The lowest BCUT2D eigenvalue weighted by Gasteiger charge is -2.11. The minimum atomic E-state index is -0.478. The number of rotatable bonds is 7. The van der Waals surface area contributed by atoms with Crippen LogP contribution in [0.4, 0.5) is 0 Å². The molecule has 0 aliphatic rings. The van der Waals surface area contributed by atoms with Gasteiger partial charge in [-0.25, -0.2) is 10.2 Å². The summed E-state index contributed by atoms with van der Waals surface area (Å²) in [5.74, 6) is -0.0673. The maximum absolute atomic E-state index is 12.7. The fraction of sp³-hybridized carbons (Fsp3) is 0.0741. The topological polar surface area (TPSA) is 77.0 Å². The van der Waals surface area contributed by atoms with Gasteiger partial charge in [0.25, 0.3) is 5.91 Å². The predicted octanol–water partition coefficient (Wildman–Crippen LogP) is 5.55. The first kappa shape index (κ1) is 23.0. The Balaban J connectivity index is 1.50. The number of esters is 1. The van der Waals surface area contributed by atoms with Crippen LogP contribution in [0, 0.1) is 6.92 Å². The lowest BCUT2D eigenvalue weighted by molar-refractivity contribution is -0.123. The summed E-state index contributed by atoms with van der Waals surface area (Å²) in [6, 6.07) is 25.1. The molecule has 34 heavy (non-hydrogen) atoms. The second kappa shape index (κ2) is 10.6. The van der Waals surface area contributed by atoms with Crippen molar-refractivity contribution >= 4 is 40.5 Å². The molecular weight excluding hydrogens is 452 g/mol. The number of carbonyl (C=O) groups is 2. The first-order chi connectivity index (χ1) is 16.5. The summed E-state index contributed by atoms with van der Waals surface area (Å²) >= 11 is 5.84. The molecule has 0 heterocycles. The number of nitrogens with zero attached hydrogens (tertiary/aromatic N) is 1. The van der Waals surface area contributed by atoms with Crippen molar-refractivity contribution in [3.63, 3.8) is 0 Å². The third-order valence-electron chi connectivity index (χ3n) is 4.95. The van der Waals surface area contributed by atoms with Crippen molar-refractivity contribution in [2.75, 3.05) is 6.61 Å². The standard InChI is InChI=1S/C27H21ClN2O4/c1-18-5-4-7-20(15-18)27(32)34-25-14-9-19-6-2-3-8-23(19)24(25)16-29-30-26(31)17-33-22-12-10-21(28)11-13-22/h2-16H,17H2,1H3,(H,30,31)/b29-16-. The van der Waals surface area contributed by atoms with Gasteiger partial charge in [-0.2, -0.15) is 5.10 Å². The van der Waals surface area contributed by atoms with Crippen LogP contribution in [-0.4, -0.2) is 24.7 Å². The maximum atomic E-state index is 12.7. The van der Waals surface area contributed by atoms with E-state index in [0.29, 0.717) is 27.6 Å². The van der Waals surface area contributed by atoms with Crippen LogP contribution < -0.4 is 14.9 Å². The number of ether oxygens (including phenoxy) is 2. The Morgan fingerprint density at radius 3 is 2.56 bits per heavy atom. The number of benzene rings is 4. The lowest BCUT2D eigenvalue weighted by Crippen LogP contribution is -2.24. The van der Waals surface area contributed by atoms with Gasteiger partial charge in [0.2, 0.25) is 0 Å². The van der Waals surface area contributed by atoms with Gasteiger partial charge >= 0.3 is 5.97 Å². The molecule has 1 N–H and O–H groups in total. The molecule has 170 valence electrons. The normalized spacial score (nSPS) is 10.9. The first-order valence-corrected chi connectivity index (χ1v) is 10.9. The molecule has 0 radical (unpaired) electrons. The Morgan fingerprint density at radius 1 is 0.971 bits per heavy atom. The van der Waals surface area contributed by atoms with Crippen LogP contribution >= 0.6 is 11.6 Å². The molecule has 0 spiro atoms. The minimum absolute atomic E-state index is 0.219. The second-order valence-electron chi connectivity index (χ2n) is 7.49. The summed E-state index contributed by atoms with van der Waals surface area (Å²) in [5, 5.41) is 6.40. The predicted molar refractivity (Wildman–Crippen MR) is 133 cm³/mol. The number of amides is 1. The van der Waals surface area contributed by atoms with E-state index < -0.39 is 11.9 Å². The number of fused-ring (bicyclic) bond motifs is 1. The Kier molecular flexibility index (Phi) is 7.20. The summed E-state index contributed by atoms with van der Waals surface area (Å²) in [4.78, 5) is 24.9. The summed E-state index contributed by atoms with van der Waals surface area (Å²) in [6.45, 7) is 1.69. The molecule has 0 aliphatic carbocycles. The third kappa shape index (κ3) is 5.79. The fourth-order valence-corrected chi connectivity index (χ4v) is 3.44. The SMILES string of the molecule is Cc1cccc(C(=O)Oc2ccc3ccccc3c2/C=N\NC(=O)COc2ccc(Cl)cc2)c1. The zero-order valence-electron chi connectivity index (χ0n) is 18.3. The smallest absolute Gasteiger partial charge is 0.343 e. The van der Waals surface area contributed by atoms with E-state index in [-0.39, 0.29) is 6.61 Å². The number of halogens is 1. The van der Waals surface area contributed by atoms with Gasteiger partial charge < -0.3 is 9.47 Å². The average Bonchev–Trinajstić information content (AvgIpc) is 2.84. The molecule has 1 amide bonds. The van der Waals surface area contributed by atoms with E-state index in [1.165, 1.54) is 6.21 Å². The van der Waals surface area contributed by atoms with Crippen molar-refractivity contribution in [1.82, 2.24) is 5.43 Å². The van der Waals surface area contributed by atoms with Crippen LogP contribution in [0.3, 0.4) is 0 Å². The molecule has 0 fully saturated rings. The summed E-state index contributed by atoms with van der Waals surface area (Å²) in [5.41, 5.74) is 4.41. The van der Waals surface area contributed by atoms with Crippen LogP contribution in [0.1, 0.15) is 21.5 Å². The highest BCUT2D eigenvalue weighted by molar-refractivity contribution is 6.30. The van der Waals surface area contributed by atoms with Crippen LogP contribution in [0.5, 0.6) is 11.5 Å². The summed E-state index contributed by atoms with van der Waals surface area (Å²) in [7, 11) is 0. The highest BCUT2D eigenvalue weighted by Crippen LogP contribution is 2.27. The van der Waals surface area contributed by atoms with Crippen molar-refractivity contribution in [2.45, 2.75) is 6.92 Å². The number of nitrogens with one attached hydrogen (secondary N) is 1. The van der Waals surface area contributed by atoms with E-state index >= 15 is 0 Å². The lowest BCUT2D eigenvalue weighted by atomic mass is 10.0. The Labute approximate surface area is 201 Å². The highest BCUT2D eigenvalue weighted by Gasteiger charge is 2.14. The largest absolute Gasteiger partial charge is 0.484 e. The van der Waals surface area contributed by atoms with Gasteiger partial charge in [-0.15, -0.1) is 0 Å². The van der Waals surface area contributed by atoms with Crippen molar-refractivity contribution in [3.05, 3.63) is 107 Å². The van der Waals surface area contributed by atoms with Crippen LogP contribution in [0.25, 0.3) is 10.8 Å². The zero-order chi connectivity index (χ0) is 23.9. The number of hydrogen-bond acceptors (Lipinski definition) is 5. The molecule has 4 rings (SSSR count). The van der Waals surface area contributed by atoms with Gasteiger partial charge in [0.15, 0.2) is 6.61 Å². The van der Waals surface area contributed by atoms with E-state index in [9.17, 15) is 9.59 Å². The van der Waals surface area contributed by atoms with E-state index in [1.807, 2.05) is 43.3 Å². The summed E-state index contributed by atoms with van der Waals surface area (Å²) in [6.07, 6.45) is 1.46. The van der Waals surface area contributed by atoms with Gasteiger partial charge in [0.05, 0.1) is 11.8 Å². The molecule has 0 unspecified atom stereocenters. The molecular formula is C27H21ClN2O4. The van der Waals surface area contributed by atoms with E-state index in [2.05, 4.69) is 10.5 Å². The van der Waals surface area contributed by atoms with Crippen LogP contribution in [0.15, 0.2) is 90.0 Å². The molecule has 0 bridgehead atoms. The zero-order valence-corrected chi connectivity index (χ0v) is 19.1. The Bertz CT molecular complexity index is 1370. The molecule has 0 saturated heterocycles. The van der Waals surface area contributed by atoms with Crippen LogP contribution in [0.2, 0.25) is 5.02 Å². The molecule has 4 aromatic carbocycles. The molecule has 0 aliphatic heterocycles. The monoisotopic (exact) mass is 472 g/mol. The van der Waals surface area contributed by atoms with Gasteiger partial charge in [0, 0.05) is 10.6 Å². The number of aryl methyl sites for hydroxylation is 1. The number of carbonyl (C=O) groups excluding carboxylic acids is 2. The molecule has 0 saturated carbocycles. The average molecular weight is 473 g/mol. The quantitative estimate of drug-likeness (QED) is 0.165. The van der Waals surface area contributed by atoms with E-state index in [1.54, 1.807) is 48.5 Å². The van der Waals surface area contributed by atoms with Crippen molar-refractivity contribution in [1.29, 1.82) is 0 Å². The van der Waals surface area contributed by atoms with Gasteiger partial charge in [-0.05, 0) is 60.2 Å². The Morgan fingerprint density at radius 2 is 1.76 bits per heavy atom. The van der Waals surface area contributed by atoms with Crippen molar-refractivity contribution in [3.8, 4) is 11.5 Å². The maximum Gasteiger partial charge on any atom is 0.343 e. The van der Waals surface area contributed by atoms with Crippen LogP contribution in [-0.2, 0) is 4.79 Å². The number of hydrazone groups is 1.